The van der Waals surface area contributed by atoms with Crippen molar-refractivity contribution in [3.8, 4) is 0 Å². The minimum absolute atomic E-state index is 0.0388. The first-order chi connectivity index (χ1) is 11.1. The van der Waals surface area contributed by atoms with Crippen LogP contribution >= 0.6 is 0 Å². The third-order valence-electron chi connectivity index (χ3n) is 4.06. The predicted molar refractivity (Wildman–Crippen MR) is 87.0 cm³/mol. The lowest BCUT2D eigenvalue weighted by Crippen LogP contribution is -2.43. The number of hydrogen-bond donors (Lipinski definition) is 1. The summed E-state index contributed by atoms with van der Waals surface area (Å²) in [6.45, 7) is 5.92. The highest BCUT2D eigenvalue weighted by Gasteiger charge is 2.27. The smallest absolute Gasteiger partial charge is 0.225 e. The molecule has 0 radical (unpaired) electrons. The number of amides is 1. The van der Waals surface area contributed by atoms with Crippen LogP contribution in [-0.2, 0) is 11.3 Å². The van der Waals surface area contributed by atoms with Crippen molar-refractivity contribution in [3.05, 3.63) is 41.6 Å². The molecule has 1 atom stereocenters. The Morgan fingerprint density at radius 3 is 2.87 bits per heavy atom. The molecule has 3 heterocycles. The zero-order chi connectivity index (χ0) is 16.2. The molecule has 2 aromatic heterocycles. The largest absolute Gasteiger partial charge is 0.467 e. The number of furan rings is 1. The summed E-state index contributed by atoms with van der Waals surface area (Å²) in [5, 5.41) is 2.95. The third kappa shape index (κ3) is 3.88. The first-order valence-electron chi connectivity index (χ1n) is 7.99. The zero-order valence-corrected chi connectivity index (χ0v) is 13.6. The number of nitrogens with one attached hydrogen (secondary N) is 1. The quantitative estimate of drug-likeness (QED) is 0.937. The molecule has 0 unspecified atom stereocenters. The molecule has 1 N–H and O–H groups in total. The number of anilines is 1. The fourth-order valence-corrected chi connectivity index (χ4v) is 2.95. The summed E-state index contributed by atoms with van der Waals surface area (Å²) in [6.07, 6.45) is 3.47. The fourth-order valence-electron chi connectivity index (χ4n) is 2.95. The van der Waals surface area contributed by atoms with Gasteiger partial charge in [0.05, 0.1) is 18.7 Å². The molecule has 0 saturated carbocycles. The maximum atomic E-state index is 12.4. The van der Waals surface area contributed by atoms with E-state index in [2.05, 4.69) is 20.2 Å². The van der Waals surface area contributed by atoms with Crippen molar-refractivity contribution >= 4 is 11.9 Å². The lowest BCUT2D eigenvalue weighted by Gasteiger charge is -2.32. The van der Waals surface area contributed by atoms with Crippen LogP contribution in [0, 0.1) is 19.8 Å². The van der Waals surface area contributed by atoms with Crippen molar-refractivity contribution in [2.45, 2.75) is 33.2 Å². The molecule has 23 heavy (non-hydrogen) atoms. The van der Waals surface area contributed by atoms with Crippen LogP contribution in [-0.4, -0.2) is 29.0 Å². The van der Waals surface area contributed by atoms with Crippen molar-refractivity contribution in [1.82, 2.24) is 15.3 Å². The third-order valence-corrected chi connectivity index (χ3v) is 4.06. The summed E-state index contributed by atoms with van der Waals surface area (Å²) in [7, 11) is 0. The second-order valence-corrected chi connectivity index (χ2v) is 6.03. The number of hydrogen-bond acceptors (Lipinski definition) is 5. The fraction of sp³-hybridized carbons (Fsp3) is 0.471. The Balaban J connectivity index is 1.62. The molecule has 0 bridgehead atoms. The van der Waals surface area contributed by atoms with Crippen LogP contribution in [0.25, 0.3) is 0 Å². The van der Waals surface area contributed by atoms with Crippen LogP contribution in [0.15, 0.2) is 28.9 Å². The second kappa shape index (κ2) is 6.81. The van der Waals surface area contributed by atoms with Gasteiger partial charge in [-0.2, -0.15) is 0 Å². The number of rotatable bonds is 4. The summed E-state index contributed by atoms with van der Waals surface area (Å²) in [5.41, 5.74) is 1.91. The molecule has 1 amide bonds. The molecule has 2 aromatic rings. The SMILES string of the molecule is Cc1cc(C)nc(N2CCC[C@@H](C(=O)NCc3ccco3)C2)n1. The molecule has 6 heteroatoms. The minimum Gasteiger partial charge on any atom is -0.467 e. The number of nitrogens with zero attached hydrogens (tertiary/aromatic N) is 3. The maximum Gasteiger partial charge on any atom is 0.225 e. The van der Waals surface area contributed by atoms with Gasteiger partial charge in [-0.25, -0.2) is 9.97 Å². The van der Waals surface area contributed by atoms with Crippen LogP contribution in [0.2, 0.25) is 0 Å². The van der Waals surface area contributed by atoms with Gasteiger partial charge in [0.25, 0.3) is 0 Å². The minimum atomic E-state index is -0.0388. The van der Waals surface area contributed by atoms with E-state index in [-0.39, 0.29) is 11.8 Å². The van der Waals surface area contributed by atoms with E-state index in [9.17, 15) is 4.79 Å². The Morgan fingerprint density at radius 2 is 2.17 bits per heavy atom. The van der Waals surface area contributed by atoms with Crippen LogP contribution < -0.4 is 10.2 Å². The number of piperidine rings is 1. The van der Waals surface area contributed by atoms with Crippen LogP contribution in [0.1, 0.15) is 30.0 Å². The highest BCUT2D eigenvalue weighted by molar-refractivity contribution is 5.79. The number of aromatic nitrogens is 2. The van der Waals surface area contributed by atoms with E-state index >= 15 is 0 Å². The lowest BCUT2D eigenvalue weighted by molar-refractivity contribution is -0.125. The van der Waals surface area contributed by atoms with Gasteiger partial charge in [-0.1, -0.05) is 0 Å². The molecule has 3 rings (SSSR count). The van der Waals surface area contributed by atoms with E-state index < -0.39 is 0 Å². The van der Waals surface area contributed by atoms with Gasteiger partial charge < -0.3 is 14.6 Å². The lowest BCUT2D eigenvalue weighted by atomic mass is 9.97. The predicted octanol–water partition coefficient (Wildman–Crippen LogP) is 2.22. The topological polar surface area (TPSA) is 71.3 Å². The van der Waals surface area contributed by atoms with E-state index in [4.69, 9.17) is 4.42 Å². The van der Waals surface area contributed by atoms with E-state index in [1.54, 1.807) is 6.26 Å². The average molecular weight is 314 g/mol. The molecule has 0 aromatic carbocycles. The van der Waals surface area contributed by atoms with Crippen molar-refractivity contribution in [3.63, 3.8) is 0 Å². The first kappa shape index (κ1) is 15.5. The molecule has 6 nitrogen and oxygen atoms in total. The molecule has 1 fully saturated rings. The molecule has 1 aliphatic rings. The van der Waals surface area contributed by atoms with Gasteiger partial charge in [0.15, 0.2) is 0 Å². The molecule has 1 saturated heterocycles. The van der Waals surface area contributed by atoms with Crippen molar-refractivity contribution in [2.75, 3.05) is 18.0 Å². The number of carbonyl (C=O) groups excluding carboxylic acids is 1. The van der Waals surface area contributed by atoms with E-state index in [0.717, 1.165) is 42.5 Å². The second-order valence-electron chi connectivity index (χ2n) is 6.03. The van der Waals surface area contributed by atoms with Gasteiger partial charge in [-0.3, -0.25) is 4.79 Å². The standard InChI is InChI=1S/C17H22N4O2/c1-12-9-13(2)20-17(19-12)21-7-3-5-14(11-21)16(22)18-10-15-6-4-8-23-15/h4,6,8-9,14H,3,5,7,10-11H2,1-2H3,(H,18,22)/t14-/m1/s1. The van der Waals surface area contributed by atoms with Crippen molar-refractivity contribution in [2.24, 2.45) is 5.92 Å². The zero-order valence-electron chi connectivity index (χ0n) is 13.6. The van der Waals surface area contributed by atoms with Gasteiger partial charge in [-0.15, -0.1) is 0 Å². The van der Waals surface area contributed by atoms with E-state index in [0.29, 0.717) is 13.1 Å². The number of carbonyl (C=O) groups is 1. The Morgan fingerprint density at radius 1 is 1.39 bits per heavy atom. The summed E-state index contributed by atoms with van der Waals surface area (Å²) < 4.78 is 5.24. The van der Waals surface area contributed by atoms with E-state index in [1.165, 1.54) is 0 Å². The Kier molecular flexibility index (Phi) is 4.60. The van der Waals surface area contributed by atoms with E-state index in [1.807, 2.05) is 32.0 Å². The van der Waals surface area contributed by atoms with Gasteiger partial charge in [0, 0.05) is 24.5 Å². The maximum absolute atomic E-state index is 12.4. The average Bonchev–Trinajstić information content (AvgIpc) is 3.05. The summed E-state index contributed by atoms with van der Waals surface area (Å²) in [6, 6.07) is 5.64. The summed E-state index contributed by atoms with van der Waals surface area (Å²) in [5.74, 6) is 1.52. The highest BCUT2D eigenvalue weighted by Crippen LogP contribution is 2.21. The molecule has 122 valence electrons. The summed E-state index contributed by atoms with van der Waals surface area (Å²) in [4.78, 5) is 23.5. The molecule has 1 aliphatic heterocycles. The van der Waals surface area contributed by atoms with Crippen molar-refractivity contribution < 1.29 is 9.21 Å². The van der Waals surface area contributed by atoms with Crippen LogP contribution in [0.5, 0.6) is 0 Å². The van der Waals surface area contributed by atoms with Gasteiger partial charge in [0.1, 0.15) is 5.76 Å². The Hall–Kier alpha value is -2.37. The highest BCUT2D eigenvalue weighted by atomic mass is 16.3. The van der Waals surface area contributed by atoms with Crippen LogP contribution in [0.4, 0.5) is 5.95 Å². The van der Waals surface area contributed by atoms with Gasteiger partial charge in [0.2, 0.25) is 11.9 Å². The van der Waals surface area contributed by atoms with Gasteiger partial charge >= 0.3 is 0 Å². The molecular formula is C17H22N4O2. The summed E-state index contributed by atoms with van der Waals surface area (Å²) >= 11 is 0. The Labute approximate surface area is 135 Å². The molecule has 0 spiro atoms. The van der Waals surface area contributed by atoms with Crippen molar-refractivity contribution in [1.29, 1.82) is 0 Å². The van der Waals surface area contributed by atoms with Crippen LogP contribution in [0.3, 0.4) is 0 Å². The molecular weight excluding hydrogens is 292 g/mol. The number of aryl methyl sites for hydroxylation is 2. The Bertz CT molecular complexity index is 649. The van der Waals surface area contributed by atoms with Gasteiger partial charge in [-0.05, 0) is 44.9 Å². The molecule has 0 aliphatic carbocycles. The first-order valence-corrected chi connectivity index (χ1v) is 7.99. The monoisotopic (exact) mass is 314 g/mol. The normalized spacial score (nSPS) is 18.0.